The van der Waals surface area contributed by atoms with E-state index in [1.165, 1.54) is 0 Å². The SMILES string of the molecule is CCOC(CC)(CC)C(NN)c1c(Br)nnn1C. The molecule has 0 radical (unpaired) electrons. The third-order valence-corrected chi connectivity index (χ3v) is 3.99. The molecule has 7 heteroatoms. The van der Waals surface area contributed by atoms with Crippen LogP contribution in [0.3, 0.4) is 0 Å². The van der Waals surface area contributed by atoms with Crippen molar-refractivity contribution >= 4 is 15.9 Å². The Hall–Kier alpha value is -0.500. The zero-order valence-electron chi connectivity index (χ0n) is 11.4. The summed E-state index contributed by atoms with van der Waals surface area (Å²) in [6.45, 7) is 6.83. The number of hydrogen-bond donors (Lipinski definition) is 2. The van der Waals surface area contributed by atoms with Crippen LogP contribution in [0.1, 0.15) is 45.3 Å². The molecule has 1 unspecified atom stereocenters. The Balaban J connectivity index is 3.21. The lowest BCUT2D eigenvalue weighted by Crippen LogP contribution is -2.49. The fourth-order valence-corrected chi connectivity index (χ4v) is 2.91. The van der Waals surface area contributed by atoms with Gasteiger partial charge < -0.3 is 4.74 Å². The van der Waals surface area contributed by atoms with Crippen LogP contribution in [-0.4, -0.2) is 27.2 Å². The van der Waals surface area contributed by atoms with E-state index < -0.39 is 0 Å². The van der Waals surface area contributed by atoms with Gasteiger partial charge in [0.2, 0.25) is 0 Å². The summed E-state index contributed by atoms with van der Waals surface area (Å²) in [5, 5.41) is 8.00. The summed E-state index contributed by atoms with van der Waals surface area (Å²) >= 11 is 3.41. The van der Waals surface area contributed by atoms with Crippen molar-refractivity contribution in [3.63, 3.8) is 0 Å². The predicted octanol–water partition coefficient (Wildman–Crippen LogP) is 1.68. The Morgan fingerprint density at radius 3 is 2.39 bits per heavy atom. The van der Waals surface area contributed by atoms with Crippen LogP contribution in [0.2, 0.25) is 0 Å². The maximum Gasteiger partial charge on any atom is 0.153 e. The fraction of sp³-hybridized carbons (Fsp3) is 0.818. The fourth-order valence-electron chi connectivity index (χ4n) is 2.36. The Labute approximate surface area is 116 Å². The topological polar surface area (TPSA) is 78.0 Å². The van der Waals surface area contributed by atoms with Gasteiger partial charge in [0, 0.05) is 13.7 Å². The molecule has 3 N–H and O–H groups in total. The summed E-state index contributed by atoms with van der Waals surface area (Å²) in [6.07, 6.45) is 1.70. The normalized spacial score (nSPS) is 13.9. The zero-order chi connectivity index (χ0) is 13.8. The number of ether oxygens (including phenoxy) is 1. The summed E-state index contributed by atoms with van der Waals surface area (Å²) in [4.78, 5) is 0. The van der Waals surface area contributed by atoms with Crippen molar-refractivity contribution in [3.8, 4) is 0 Å². The molecule has 18 heavy (non-hydrogen) atoms. The lowest BCUT2D eigenvalue weighted by atomic mass is 9.86. The van der Waals surface area contributed by atoms with Crippen molar-refractivity contribution < 1.29 is 4.74 Å². The largest absolute Gasteiger partial charge is 0.373 e. The van der Waals surface area contributed by atoms with E-state index in [1.54, 1.807) is 4.68 Å². The highest BCUT2D eigenvalue weighted by Gasteiger charge is 2.40. The standard InChI is InChI=1S/C11H22BrN5O/c1-5-11(6-2,18-7-3)9(14-13)8-10(12)15-16-17(8)4/h9,14H,5-7,13H2,1-4H3. The van der Waals surface area contributed by atoms with Gasteiger partial charge in [0.1, 0.15) is 0 Å². The number of hydrazine groups is 1. The highest BCUT2D eigenvalue weighted by Crippen LogP contribution is 2.36. The molecule has 0 saturated heterocycles. The van der Waals surface area contributed by atoms with E-state index in [0.29, 0.717) is 11.2 Å². The second kappa shape index (κ2) is 6.60. The lowest BCUT2D eigenvalue weighted by Gasteiger charge is -2.38. The van der Waals surface area contributed by atoms with Crippen LogP contribution in [0.4, 0.5) is 0 Å². The molecule has 0 aromatic carbocycles. The van der Waals surface area contributed by atoms with Crippen LogP contribution in [-0.2, 0) is 11.8 Å². The van der Waals surface area contributed by atoms with Crippen molar-refractivity contribution in [1.29, 1.82) is 0 Å². The molecular weight excluding hydrogens is 298 g/mol. The van der Waals surface area contributed by atoms with E-state index in [-0.39, 0.29) is 11.6 Å². The van der Waals surface area contributed by atoms with Crippen LogP contribution >= 0.6 is 15.9 Å². The molecule has 1 atom stereocenters. The Bertz CT molecular complexity index is 358. The van der Waals surface area contributed by atoms with Gasteiger partial charge in [0.05, 0.1) is 17.3 Å². The zero-order valence-corrected chi connectivity index (χ0v) is 13.0. The summed E-state index contributed by atoms with van der Waals surface area (Å²) in [5.41, 5.74) is 3.40. The quantitative estimate of drug-likeness (QED) is 0.590. The molecule has 6 nitrogen and oxygen atoms in total. The van der Waals surface area contributed by atoms with E-state index >= 15 is 0 Å². The van der Waals surface area contributed by atoms with Crippen LogP contribution < -0.4 is 11.3 Å². The van der Waals surface area contributed by atoms with Crippen LogP contribution in [0.15, 0.2) is 4.60 Å². The first-order valence-corrected chi connectivity index (χ1v) is 7.00. The number of nitrogens with two attached hydrogens (primary N) is 1. The maximum atomic E-state index is 5.98. The van der Waals surface area contributed by atoms with Crippen LogP contribution in [0, 0.1) is 0 Å². The maximum absolute atomic E-state index is 5.98. The van der Waals surface area contributed by atoms with Crippen molar-refractivity contribution in [3.05, 3.63) is 10.3 Å². The molecule has 104 valence electrons. The van der Waals surface area contributed by atoms with E-state index in [4.69, 9.17) is 10.6 Å². The predicted molar refractivity (Wildman–Crippen MR) is 73.7 cm³/mol. The molecule has 0 amide bonds. The van der Waals surface area contributed by atoms with Gasteiger partial charge >= 0.3 is 0 Å². The number of rotatable bonds is 7. The van der Waals surface area contributed by atoms with Crippen LogP contribution in [0.5, 0.6) is 0 Å². The first-order valence-electron chi connectivity index (χ1n) is 6.21. The number of aromatic nitrogens is 3. The summed E-state index contributed by atoms with van der Waals surface area (Å²) < 4.78 is 8.39. The summed E-state index contributed by atoms with van der Waals surface area (Å²) in [6, 6.07) is -0.165. The van der Waals surface area contributed by atoms with Gasteiger partial charge in [-0.05, 0) is 35.7 Å². The highest BCUT2D eigenvalue weighted by atomic mass is 79.9. The second-order valence-corrected chi connectivity index (χ2v) is 4.94. The van der Waals surface area contributed by atoms with Gasteiger partial charge in [0.25, 0.3) is 0 Å². The molecule has 0 aliphatic carbocycles. The van der Waals surface area contributed by atoms with E-state index in [2.05, 4.69) is 45.5 Å². The van der Waals surface area contributed by atoms with Crippen molar-refractivity contribution in [2.75, 3.05) is 6.61 Å². The van der Waals surface area contributed by atoms with Gasteiger partial charge in [-0.15, -0.1) is 5.10 Å². The van der Waals surface area contributed by atoms with E-state index in [1.807, 2.05) is 14.0 Å². The molecule has 1 aromatic heterocycles. The Morgan fingerprint density at radius 2 is 2.06 bits per heavy atom. The molecule has 0 aliphatic rings. The minimum atomic E-state index is -0.360. The molecule has 0 saturated carbocycles. The monoisotopic (exact) mass is 319 g/mol. The molecule has 0 fully saturated rings. The average Bonchev–Trinajstić information content (AvgIpc) is 2.70. The molecule has 0 aliphatic heterocycles. The third kappa shape index (κ3) is 2.74. The molecule has 0 spiro atoms. The smallest absolute Gasteiger partial charge is 0.153 e. The third-order valence-electron chi connectivity index (χ3n) is 3.42. The molecule has 1 aromatic rings. The first kappa shape index (κ1) is 15.6. The van der Waals surface area contributed by atoms with Gasteiger partial charge in [-0.2, -0.15) is 0 Å². The van der Waals surface area contributed by atoms with Crippen molar-refractivity contribution in [1.82, 2.24) is 20.4 Å². The lowest BCUT2D eigenvalue weighted by molar-refractivity contribution is -0.0752. The van der Waals surface area contributed by atoms with E-state index in [9.17, 15) is 0 Å². The minimum absolute atomic E-state index is 0.165. The molecule has 1 rings (SSSR count). The number of nitrogens with one attached hydrogen (secondary N) is 1. The molecular formula is C11H22BrN5O. The Kier molecular flexibility index (Phi) is 5.71. The van der Waals surface area contributed by atoms with Crippen molar-refractivity contribution in [2.24, 2.45) is 12.9 Å². The molecule has 1 heterocycles. The first-order chi connectivity index (χ1) is 8.56. The Morgan fingerprint density at radius 1 is 1.44 bits per heavy atom. The minimum Gasteiger partial charge on any atom is -0.373 e. The van der Waals surface area contributed by atoms with Gasteiger partial charge in [-0.25, -0.2) is 10.1 Å². The highest BCUT2D eigenvalue weighted by molar-refractivity contribution is 9.10. The number of nitrogens with zero attached hydrogens (tertiary/aromatic N) is 3. The second-order valence-electron chi connectivity index (χ2n) is 4.19. The summed E-state index contributed by atoms with van der Waals surface area (Å²) in [7, 11) is 1.85. The number of aryl methyl sites for hydroxylation is 1. The van der Waals surface area contributed by atoms with Gasteiger partial charge in [-0.3, -0.25) is 5.84 Å². The van der Waals surface area contributed by atoms with Gasteiger partial charge in [0.15, 0.2) is 4.60 Å². The van der Waals surface area contributed by atoms with E-state index in [0.717, 1.165) is 18.5 Å². The number of halogens is 1. The average molecular weight is 320 g/mol. The van der Waals surface area contributed by atoms with Crippen molar-refractivity contribution in [2.45, 2.75) is 45.3 Å². The van der Waals surface area contributed by atoms with Crippen LogP contribution in [0.25, 0.3) is 0 Å². The summed E-state index contributed by atoms with van der Waals surface area (Å²) in [5.74, 6) is 5.75. The van der Waals surface area contributed by atoms with Gasteiger partial charge in [-0.1, -0.05) is 19.1 Å². The molecule has 0 bridgehead atoms. The number of hydrogen-bond acceptors (Lipinski definition) is 5.